The van der Waals surface area contributed by atoms with Crippen molar-refractivity contribution in [2.75, 3.05) is 11.5 Å². The van der Waals surface area contributed by atoms with Gasteiger partial charge >= 0.3 is 0 Å². The van der Waals surface area contributed by atoms with E-state index in [0.717, 1.165) is 24.6 Å². The molecule has 0 aliphatic carbocycles. The predicted octanol–water partition coefficient (Wildman–Crippen LogP) is 3.55. The summed E-state index contributed by atoms with van der Waals surface area (Å²) in [7, 11) is -1.07. The Balaban J connectivity index is 2.02. The number of carbonyl (C=O) groups is 1. The lowest BCUT2D eigenvalue weighted by Crippen LogP contribution is -2.13. The molecule has 0 spiro atoms. The Labute approximate surface area is 115 Å². The summed E-state index contributed by atoms with van der Waals surface area (Å²) < 4.78 is 17.1. The number of fused-ring (bicyclic) bond motifs is 1. The second-order valence-corrected chi connectivity index (χ2v) is 6.14. The first-order chi connectivity index (χ1) is 9.22. The third kappa shape index (κ3) is 3.53. The van der Waals surface area contributed by atoms with E-state index >= 15 is 0 Å². The van der Waals surface area contributed by atoms with E-state index in [9.17, 15) is 9.00 Å². The molecule has 19 heavy (non-hydrogen) atoms. The van der Waals surface area contributed by atoms with Crippen molar-refractivity contribution in [1.29, 1.82) is 0 Å². The van der Waals surface area contributed by atoms with Gasteiger partial charge in [0.1, 0.15) is 11.8 Å². The number of furan rings is 1. The summed E-state index contributed by atoms with van der Waals surface area (Å²) in [5, 5.41) is 0.804. The maximum Gasteiger partial charge on any atom is 0.179 e. The second-order valence-electron chi connectivity index (χ2n) is 4.56. The average Bonchev–Trinajstić information content (AvgIpc) is 2.83. The number of hydrogen-bond acceptors (Lipinski definition) is 3. The first-order valence-corrected chi connectivity index (χ1v) is 8.05. The van der Waals surface area contributed by atoms with Crippen LogP contribution in [0.15, 0.2) is 34.9 Å². The Morgan fingerprint density at radius 1 is 1.26 bits per heavy atom. The molecule has 0 N–H and O–H groups in total. The minimum Gasteiger partial charge on any atom is -0.464 e. The monoisotopic (exact) mass is 278 g/mol. The Morgan fingerprint density at radius 2 is 2.05 bits per heavy atom. The Kier molecular flexibility index (Phi) is 4.91. The van der Waals surface area contributed by atoms with Gasteiger partial charge in [0.05, 0.1) is 11.3 Å². The molecule has 2 aromatic rings. The smallest absolute Gasteiger partial charge is 0.179 e. The minimum absolute atomic E-state index is 0.0905. The van der Waals surface area contributed by atoms with Gasteiger partial charge < -0.3 is 4.42 Å². The van der Waals surface area contributed by atoms with Crippen molar-refractivity contribution in [2.45, 2.75) is 26.2 Å². The van der Waals surface area contributed by atoms with Crippen molar-refractivity contribution in [2.24, 2.45) is 0 Å². The van der Waals surface area contributed by atoms with Crippen LogP contribution in [0.3, 0.4) is 0 Å². The summed E-state index contributed by atoms with van der Waals surface area (Å²) in [5.74, 6) is 0.600. The zero-order chi connectivity index (χ0) is 13.7. The maximum atomic E-state index is 12.1. The number of ketones is 1. The molecule has 0 fully saturated rings. The van der Waals surface area contributed by atoms with Gasteiger partial charge in [-0.2, -0.15) is 0 Å². The quantitative estimate of drug-likeness (QED) is 0.574. The largest absolute Gasteiger partial charge is 0.464 e. The fourth-order valence-electron chi connectivity index (χ4n) is 2.00. The van der Waals surface area contributed by atoms with Gasteiger partial charge in [0.15, 0.2) is 5.78 Å². The summed E-state index contributed by atoms with van der Waals surface area (Å²) in [6.45, 7) is 2.10. The average molecular weight is 278 g/mol. The summed E-state index contributed by atoms with van der Waals surface area (Å²) in [6, 6.07) is 7.41. The molecular formula is C15H18O3S. The highest BCUT2D eigenvalue weighted by Gasteiger charge is 2.15. The third-order valence-corrected chi connectivity index (χ3v) is 4.38. The highest BCUT2D eigenvalue weighted by atomic mass is 32.2. The van der Waals surface area contributed by atoms with Crippen LogP contribution in [0.1, 0.15) is 36.5 Å². The number of para-hydroxylation sites is 1. The van der Waals surface area contributed by atoms with Crippen LogP contribution in [0.2, 0.25) is 0 Å². The van der Waals surface area contributed by atoms with E-state index in [1.165, 1.54) is 6.26 Å². The predicted molar refractivity (Wildman–Crippen MR) is 77.9 cm³/mol. The van der Waals surface area contributed by atoms with E-state index in [0.29, 0.717) is 16.9 Å². The van der Waals surface area contributed by atoms with E-state index in [1.807, 2.05) is 24.3 Å². The molecule has 0 radical (unpaired) electrons. The molecule has 1 aromatic heterocycles. The van der Waals surface area contributed by atoms with Crippen LogP contribution in [0.25, 0.3) is 11.0 Å². The highest BCUT2D eigenvalue weighted by molar-refractivity contribution is 7.85. The maximum absolute atomic E-state index is 12.1. The SMILES string of the molecule is CCCCCS(=O)CC(=O)c1coc2ccccc12. The van der Waals surface area contributed by atoms with Crippen LogP contribution in [0.4, 0.5) is 0 Å². The highest BCUT2D eigenvalue weighted by Crippen LogP contribution is 2.21. The van der Waals surface area contributed by atoms with E-state index in [4.69, 9.17) is 4.42 Å². The minimum atomic E-state index is -1.07. The molecule has 0 amide bonds. The van der Waals surface area contributed by atoms with Gasteiger partial charge in [0.2, 0.25) is 0 Å². The van der Waals surface area contributed by atoms with Crippen LogP contribution < -0.4 is 0 Å². The van der Waals surface area contributed by atoms with Gasteiger partial charge in [-0.25, -0.2) is 0 Å². The van der Waals surface area contributed by atoms with Crippen molar-refractivity contribution >= 4 is 27.6 Å². The van der Waals surface area contributed by atoms with E-state index in [1.54, 1.807) is 0 Å². The Bertz CT molecular complexity index is 586. The van der Waals surface area contributed by atoms with Crippen LogP contribution in [-0.4, -0.2) is 21.5 Å². The van der Waals surface area contributed by atoms with Gasteiger partial charge in [-0.05, 0) is 12.5 Å². The molecule has 0 bridgehead atoms. The van der Waals surface area contributed by atoms with E-state index in [-0.39, 0.29) is 11.5 Å². The molecule has 0 aliphatic rings. The van der Waals surface area contributed by atoms with Crippen molar-refractivity contribution in [3.63, 3.8) is 0 Å². The van der Waals surface area contributed by atoms with Crippen molar-refractivity contribution in [1.82, 2.24) is 0 Å². The molecule has 1 atom stereocenters. The zero-order valence-corrected chi connectivity index (χ0v) is 11.9. The Hall–Kier alpha value is -1.42. The van der Waals surface area contributed by atoms with Crippen molar-refractivity contribution < 1.29 is 13.4 Å². The summed E-state index contributed by atoms with van der Waals surface area (Å²) in [5.41, 5.74) is 1.24. The number of benzene rings is 1. The number of unbranched alkanes of at least 4 members (excludes halogenated alkanes) is 2. The molecule has 1 unspecified atom stereocenters. The molecule has 102 valence electrons. The first-order valence-electron chi connectivity index (χ1n) is 6.56. The van der Waals surface area contributed by atoms with Gasteiger partial charge in [-0.1, -0.05) is 38.0 Å². The topological polar surface area (TPSA) is 47.3 Å². The molecule has 0 saturated carbocycles. The fraction of sp³-hybridized carbons (Fsp3) is 0.400. The standard InChI is InChI=1S/C15H18O3S/c1-2-3-6-9-19(17)11-14(16)13-10-18-15-8-5-4-7-12(13)15/h4-5,7-8,10H,2-3,6,9,11H2,1H3. The first kappa shape index (κ1) is 14.0. The molecular weight excluding hydrogens is 260 g/mol. The van der Waals surface area contributed by atoms with E-state index in [2.05, 4.69) is 6.92 Å². The molecule has 1 aromatic carbocycles. The van der Waals surface area contributed by atoms with Gasteiger partial charge in [0, 0.05) is 21.9 Å². The van der Waals surface area contributed by atoms with Crippen molar-refractivity contribution in [3.05, 3.63) is 36.1 Å². The second kappa shape index (κ2) is 6.66. The Morgan fingerprint density at radius 3 is 2.84 bits per heavy atom. The number of rotatable bonds is 7. The van der Waals surface area contributed by atoms with Gasteiger partial charge in [0.25, 0.3) is 0 Å². The van der Waals surface area contributed by atoms with Crippen LogP contribution in [-0.2, 0) is 10.8 Å². The number of Topliss-reactive ketones (excluding diaryl/α,β-unsaturated/α-hetero) is 1. The lowest BCUT2D eigenvalue weighted by Gasteiger charge is -2.00. The van der Waals surface area contributed by atoms with Gasteiger partial charge in [-0.3, -0.25) is 9.00 Å². The third-order valence-electron chi connectivity index (χ3n) is 3.05. The summed E-state index contributed by atoms with van der Waals surface area (Å²) in [4.78, 5) is 12.1. The normalized spacial score (nSPS) is 12.7. The summed E-state index contributed by atoms with van der Waals surface area (Å²) >= 11 is 0. The van der Waals surface area contributed by atoms with Crippen LogP contribution in [0.5, 0.6) is 0 Å². The molecule has 2 rings (SSSR count). The van der Waals surface area contributed by atoms with Crippen molar-refractivity contribution in [3.8, 4) is 0 Å². The molecule has 1 heterocycles. The lowest BCUT2D eigenvalue weighted by molar-refractivity contribution is 0.102. The molecule has 0 aliphatic heterocycles. The van der Waals surface area contributed by atoms with E-state index < -0.39 is 10.8 Å². The number of hydrogen-bond donors (Lipinski definition) is 0. The molecule has 0 saturated heterocycles. The molecule has 4 heteroatoms. The lowest BCUT2D eigenvalue weighted by atomic mass is 10.1. The van der Waals surface area contributed by atoms with Crippen LogP contribution >= 0.6 is 0 Å². The van der Waals surface area contributed by atoms with Gasteiger partial charge in [-0.15, -0.1) is 0 Å². The zero-order valence-electron chi connectivity index (χ0n) is 11.1. The summed E-state index contributed by atoms with van der Waals surface area (Å²) in [6.07, 6.45) is 4.55. The molecule has 3 nitrogen and oxygen atoms in total. The van der Waals surface area contributed by atoms with Crippen LogP contribution in [0, 0.1) is 0 Å². The fourth-order valence-corrected chi connectivity index (χ4v) is 3.12. The number of carbonyl (C=O) groups excluding carboxylic acids is 1.